The van der Waals surface area contributed by atoms with Crippen molar-refractivity contribution in [2.24, 2.45) is 0 Å². The van der Waals surface area contributed by atoms with Gasteiger partial charge in [0.25, 0.3) is 0 Å². The van der Waals surface area contributed by atoms with Gasteiger partial charge in [-0.15, -0.1) is 0 Å². The average molecular weight is 243 g/mol. The van der Waals surface area contributed by atoms with E-state index in [9.17, 15) is 8.42 Å². The van der Waals surface area contributed by atoms with Crippen molar-refractivity contribution in [3.63, 3.8) is 0 Å². The second kappa shape index (κ2) is 5.81. The van der Waals surface area contributed by atoms with E-state index in [-0.39, 0.29) is 0 Å². The summed E-state index contributed by atoms with van der Waals surface area (Å²) in [4.78, 5) is 3.85. The van der Waals surface area contributed by atoms with Crippen LogP contribution in [0.1, 0.15) is 13.8 Å². The Labute approximate surface area is 96.3 Å². The molecule has 1 atom stereocenters. The van der Waals surface area contributed by atoms with Crippen molar-refractivity contribution in [2.75, 3.05) is 17.8 Å². The lowest BCUT2D eigenvalue weighted by atomic mass is 10.4. The molecule has 0 aliphatic carbocycles. The summed E-state index contributed by atoms with van der Waals surface area (Å²) in [5, 5.41) is 2.53. The molecule has 0 radical (unpaired) electrons. The molecule has 5 nitrogen and oxygen atoms in total. The number of sulfonamides is 1. The molecule has 1 unspecified atom stereocenters. The standard InChI is InChI=1S/C10H17N3O2S/c1-3-11-7-9(2)16(14,15)13-10-5-4-6-12-8-10/h4-6,8-9,11,13H,3,7H2,1-2H3. The van der Waals surface area contributed by atoms with Crippen LogP contribution in [0.2, 0.25) is 0 Å². The van der Waals surface area contributed by atoms with E-state index in [1.165, 1.54) is 6.20 Å². The van der Waals surface area contributed by atoms with Crippen LogP contribution in [0.15, 0.2) is 24.5 Å². The molecule has 0 amide bonds. The van der Waals surface area contributed by atoms with Gasteiger partial charge in [0.1, 0.15) is 0 Å². The average Bonchev–Trinajstić information content (AvgIpc) is 2.26. The maximum absolute atomic E-state index is 11.8. The summed E-state index contributed by atoms with van der Waals surface area (Å²) < 4.78 is 26.2. The quantitative estimate of drug-likeness (QED) is 0.776. The summed E-state index contributed by atoms with van der Waals surface area (Å²) in [6.45, 7) is 4.80. The van der Waals surface area contributed by atoms with Gasteiger partial charge in [-0.1, -0.05) is 6.92 Å². The van der Waals surface area contributed by atoms with Crippen molar-refractivity contribution in [1.29, 1.82) is 0 Å². The summed E-state index contributed by atoms with van der Waals surface area (Å²) in [6.07, 6.45) is 3.08. The van der Waals surface area contributed by atoms with E-state index in [0.29, 0.717) is 12.2 Å². The zero-order valence-corrected chi connectivity index (χ0v) is 10.3. The van der Waals surface area contributed by atoms with Crippen LogP contribution in [0, 0.1) is 0 Å². The Morgan fingerprint density at radius 3 is 2.81 bits per heavy atom. The Morgan fingerprint density at radius 1 is 1.50 bits per heavy atom. The van der Waals surface area contributed by atoms with Gasteiger partial charge in [-0.3, -0.25) is 9.71 Å². The molecule has 0 fully saturated rings. The molecule has 1 aromatic heterocycles. The number of anilines is 1. The van der Waals surface area contributed by atoms with Gasteiger partial charge < -0.3 is 5.32 Å². The van der Waals surface area contributed by atoms with E-state index in [1.54, 1.807) is 25.3 Å². The molecule has 0 bridgehead atoms. The molecule has 1 heterocycles. The topological polar surface area (TPSA) is 71.1 Å². The van der Waals surface area contributed by atoms with Crippen molar-refractivity contribution >= 4 is 15.7 Å². The Bertz CT molecular complexity index is 405. The molecule has 0 aliphatic rings. The number of aromatic nitrogens is 1. The Morgan fingerprint density at radius 2 is 2.25 bits per heavy atom. The third-order valence-electron chi connectivity index (χ3n) is 2.13. The predicted octanol–water partition coefficient (Wildman–Crippen LogP) is 0.821. The smallest absolute Gasteiger partial charge is 0.236 e. The number of pyridine rings is 1. The minimum atomic E-state index is -3.34. The van der Waals surface area contributed by atoms with E-state index in [1.807, 2.05) is 6.92 Å². The molecule has 0 aliphatic heterocycles. The van der Waals surface area contributed by atoms with Crippen molar-refractivity contribution in [2.45, 2.75) is 19.1 Å². The third kappa shape index (κ3) is 3.79. The van der Waals surface area contributed by atoms with Gasteiger partial charge in [-0.05, 0) is 25.6 Å². The van der Waals surface area contributed by atoms with E-state index in [2.05, 4.69) is 15.0 Å². The molecule has 16 heavy (non-hydrogen) atoms. The summed E-state index contributed by atoms with van der Waals surface area (Å²) in [5.41, 5.74) is 0.492. The molecule has 0 spiro atoms. The van der Waals surface area contributed by atoms with Gasteiger partial charge >= 0.3 is 0 Å². The van der Waals surface area contributed by atoms with Gasteiger partial charge in [0.05, 0.1) is 17.1 Å². The van der Waals surface area contributed by atoms with Gasteiger partial charge in [-0.2, -0.15) is 0 Å². The summed E-state index contributed by atoms with van der Waals surface area (Å²) in [5.74, 6) is 0. The minimum absolute atomic E-state index is 0.437. The second-order valence-electron chi connectivity index (χ2n) is 3.51. The Kier molecular flexibility index (Phi) is 4.70. The van der Waals surface area contributed by atoms with Gasteiger partial charge in [0.2, 0.25) is 10.0 Å². The molecule has 0 saturated carbocycles. The molecule has 6 heteroatoms. The molecule has 0 saturated heterocycles. The van der Waals surface area contributed by atoms with Crippen LogP contribution in [0.4, 0.5) is 5.69 Å². The van der Waals surface area contributed by atoms with Crippen molar-refractivity contribution < 1.29 is 8.42 Å². The molecule has 1 rings (SSSR count). The first kappa shape index (κ1) is 12.9. The highest BCUT2D eigenvalue weighted by Gasteiger charge is 2.19. The van der Waals surface area contributed by atoms with Crippen molar-refractivity contribution in [3.05, 3.63) is 24.5 Å². The first-order valence-electron chi connectivity index (χ1n) is 5.18. The fraction of sp³-hybridized carbons (Fsp3) is 0.500. The number of rotatable bonds is 6. The third-order valence-corrected chi connectivity index (χ3v) is 3.88. The minimum Gasteiger partial charge on any atom is -0.316 e. The van der Waals surface area contributed by atoms with Crippen LogP contribution in [0.25, 0.3) is 0 Å². The maximum Gasteiger partial charge on any atom is 0.236 e. The van der Waals surface area contributed by atoms with E-state index < -0.39 is 15.3 Å². The Balaban J connectivity index is 2.65. The van der Waals surface area contributed by atoms with Gasteiger partial charge in [0, 0.05) is 12.7 Å². The van der Waals surface area contributed by atoms with Crippen LogP contribution in [-0.2, 0) is 10.0 Å². The molecule has 2 N–H and O–H groups in total. The molecule has 1 aromatic rings. The fourth-order valence-corrected chi connectivity index (χ4v) is 2.13. The summed E-state index contributed by atoms with van der Waals surface area (Å²) in [7, 11) is -3.34. The first-order chi connectivity index (χ1) is 7.56. The molecular weight excluding hydrogens is 226 g/mol. The largest absolute Gasteiger partial charge is 0.316 e. The number of hydrogen-bond acceptors (Lipinski definition) is 4. The van der Waals surface area contributed by atoms with Crippen LogP contribution in [0.5, 0.6) is 0 Å². The molecule has 90 valence electrons. The second-order valence-corrected chi connectivity index (χ2v) is 5.61. The highest BCUT2D eigenvalue weighted by molar-refractivity contribution is 7.93. The lowest BCUT2D eigenvalue weighted by molar-refractivity contribution is 0.579. The van der Waals surface area contributed by atoms with Gasteiger partial charge in [0.15, 0.2) is 0 Å². The van der Waals surface area contributed by atoms with Crippen LogP contribution in [-0.4, -0.2) is 31.7 Å². The fourth-order valence-electron chi connectivity index (χ4n) is 1.15. The summed E-state index contributed by atoms with van der Waals surface area (Å²) in [6, 6.07) is 3.36. The van der Waals surface area contributed by atoms with Crippen LogP contribution in [0.3, 0.4) is 0 Å². The van der Waals surface area contributed by atoms with Crippen molar-refractivity contribution in [3.8, 4) is 0 Å². The Hall–Kier alpha value is -1.14. The monoisotopic (exact) mass is 243 g/mol. The highest BCUT2D eigenvalue weighted by Crippen LogP contribution is 2.09. The predicted molar refractivity (Wildman–Crippen MR) is 64.8 cm³/mol. The highest BCUT2D eigenvalue weighted by atomic mass is 32.2. The van der Waals surface area contributed by atoms with Crippen LogP contribution < -0.4 is 10.0 Å². The van der Waals surface area contributed by atoms with E-state index in [4.69, 9.17) is 0 Å². The lowest BCUT2D eigenvalue weighted by Gasteiger charge is -2.14. The van der Waals surface area contributed by atoms with E-state index >= 15 is 0 Å². The van der Waals surface area contributed by atoms with Crippen LogP contribution >= 0.6 is 0 Å². The number of hydrogen-bond donors (Lipinski definition) is 2. The lowest BCUT2D eigenvalue weighted by Crippen LogP contribution is -2.34. The maximum atomic E-state index is 11.8. The van der Waals surface area contributed by atoms with Gasteiger partial charge in [-0.25, -0.2) is 8.42 Å². The number of nitrogens with zero attached hydrogens (tertiary/aromatic N) is 1. The summed E-state index contributed by atoms with van der Waals surface area (Å²) >= 11 is 0. The van der Waals surface area contributed by atoms with E-state index in [0.717, 1.165) is 6.54 Å². The number of nitrogens with one attached hydrogen (secondary N) is 2. The normalized spacial score (nSPS) is 13.4. The first-order valence-corrected chi connectivity index (χ1v) is 6.73. The zero-order valence-electron chi connectivity index (χ0n) is 9.47. The molecule has 0 aromatic carbocycles. The molecular formula is C10H17N3O2S. The SMILES string of the molecule is CCNCC(C)S(=O)(=O)Nc1cccnc1. The zero-order chi connectivity index (χ0) is 12.0. The van der Waals surface area contributed by atoms with Crippen molar-refractivity contribution in [1.82, 2.24) is 10.3 Å².